The first-order valence-electron chi connectivity index (χ1n) is 8.57. The predicted octanol–water partition coefficient (Wildman–Crippen LogP) is 4.17. The van der Waals surface area contributed by atoms with Gasteiger partial charge in [0, 0.05) is 0 Å². The number of benzene rings is 2. The van der Waals surface area contributed by atoms with E-state index >= 15 is 0 Å². The third kappa shape index (κ3) is 4.20. The molecule has 2 amide bonds. The van der Waals surface area contributed by atoms with E-state index in [4.69, 9.17) is 9.15 Å². The molecule has 0 aliphatic carbocycles. The van der Waals surface area contributed by atoms with Crippen molar-refractivity contribution in [3.05, 3.63) is 83.6 Å². The van der Waals surface area contributed by atoms with Gasteiger partial charge in [0.25, 0.3) is 11.8 Å². The number of hydrogen-bond donors (Lipinski definition) is 2. The number of nitrogens with one attached hydrogen (secondary N) is 2. The Morgan fingerprint density at radius 2 is 1.86 bits per heavy atom. The maximum Gasteiger partial charge on any atom is 0.291 e. The van der Waals surface area contributed by atoms with Crippen LogP contribution in [0.5, 0.6) is 5.75 Å². The summed E-state index contributed by atoms with van der Waals surface area (Å²) in [6.07, 6.45) is 1.39. The summed E-state index contributed by atoms with van der Waals surface area (Å²) in [7, 11) is 1.39. The summed E-state index contributed by atoms with van der Waals surface area (Å²) < 4.78 is 23.9. The van der Waals surface area contributed by atoms with Crippen LogP contribution in [-0.2, 0) is 0 Å². The molecule has 1 heterocycles. The van der Waals surface area contributed by atoms with Crippen molar-refractivity contribution in [3.8, 4) is 5.75 Å². The third-order valence-corrected chi connectivity index (χ3v) is 4.19. The highest BCUT2D eigenvalue weighted by Gasteiger charge is 2.18. The fourth-order valence-electron chi connectivity index (χ4n) is 2.69. The molecule has 2 N–H and O–H groups in total. The van der Waals surface area contributed by atoms with E-state index in [0.717, 1.165) is 0 Å². The van der Waals surface area contributed by atoms with Crippen molar-refractivity contribution in [2.75, 3.05) is 12.4 Å². The van der Waals surface area contributed by atoms with E-state index in [1.807, 2.05) is 0 Å². The van der Waals surface area contributed by atoms with Gasteiger partial charge in [0.2, 0.25) is 0 Å². The SMILES string of the molecule is COc1ccc([C@@H](C)NC(=O)c2ccccc2NC(=O)c2ccco2)cc1F. The maximum absolute atomic E-state index is 13.9. The fraction of sp³-hybridized carbons (Fsp3) is 0.143. The van der Waals surface area contributed by atoms with Gasteiger partial charge in [-0.25, -0.2) is 4.39 Å². The van der Waals surface area contributed by atoms with Crippen LogP contribution in [0.2, 0.25) is 0 Å². The molecule has 7 heteroatoms. The summed E-state index contributed by atoms with van der Waals surface area (Å²) in [5, 5.41) is 5.47. The second kappa shape index (κ2) is 8.39. The number of halogens is 1. The average molecular weight is 382 g/mol. The van der Waals surface area contributed by atoms with Gasteiger partial charge in [-0.2, -0.15) is 0 Å². The summed E-state index contributed by atoms with van der Waals surface area (Å²) >= 11 is 0. The highest BCUT2D eigenvalue weighted by molar-refractivity contribution is 6.07. The highest BCUT2D eigenvalue weighted by atomic mass is 19.1. The molecule has 0 unspecified atom stereocenters. The van der Waals surface area contributed by atoms with Crippen molar-refractivity contribution in [3.63, 3.8) is 0 Å². The number of furan rings is 1. The topological polar surface area (TPSA) is 80.6 Å². The van der Waals surface area contributed by atoms with Crippen molar-refractivity contribution in [2.24, 2.45) is 0 Å². The Morgan fingerprint density at radius 3 is 2.54 bits per heavy atom. The van der Waals surface area contributed by atoms with Gasteiger partial charge >= 0.3 is 0 Å². The van der Waals surface area contributed by atoms with Gasteiger partial charge in [0.05, 0.1) is 30.7 Å². The first-order chi connectivity index (χ1) is 13.5. The van der Waals surface area contributed by atoms with Gasteiger partial charge in [-0.15, -0.1) is 0 Å². The Balaban J connectivity index is 1.75. The molecular formula is C21H19FN2O4. The van der Waals surface area contributed by atoms with E-state index in [0.29, 0.717) is 11.3 Å². The number of rotatable bonds is 6. The molecule has 0 saturated carbocycles. The van der Waals surface area contributed by atoms with Crippen LogP contribution in [0.15, 0.2) is 65.3 Å². The first kappa shape index (κ1) is 19.2. The van der Waals surface area contributed by atoms with E-state index in [1.165, 1.54) is 31.6 Å². The molecular weight excluding hydrogens is 363 g/mol. The van der Waals surface area contributed by atoms with Gasteiger partial charge in [-0.1, -0.05) is 18.2 Å². The van der Waals surface area contributed by atoms with Crippen LogP contribution in [0, 0.1) is 5.82 Å². The van der Waals surface area contributed by atoms with E-state index < -0.39 is 23.7 Å². The summed E-state index contributed by atoms with van der Waals surface area (Å²) in [5.74, 6) is -1.10. The van der Waals surface area contributed by atoms with Gasteiger partial charge in [-0.3, -0.25) is 9.59 Å². The zero-order valence-corrected chi connectivity index (χ0v) is 15.4. The minimum Gasteiger partial charge on any atom is -0.494 e. The van der Waals surface area contributed by atoms with Crippen molar-refractivity contribution < 1.29 is 23.1 Å². The number of ether oxygens (including phenoxy) is 1. The average Bonchev–Trinajstić information content (AvgIpc) is 3.23. The molecule has 6 nitrogen and oxygen atoms in total. The molecule has 3 aromatic rings. The molecule has 0 spiro atoms. The monoisotopic (exact) mass is 382 g/mol. The van der Waals surface area contributed by atoms with E-state index in [1.54, 1.807) is 43.3 Å². The molecule has 0 radical (unpaired) electrons. The Hall–Kier alpha value is -3.61. The Kier molecular flexibility index (Phi) is 5.74. The van der Waals surface area contributed by atoms with Crippen LogP contribution in [0.25, 0.3) is 0 Å². The zero-order valence-electron chi connectivity index (χ0n) is 15.4. The van der Waals surface area contributed by atoms with E-state index in [2.05, 4.69) is 10.6 Å². The Labute approximate surface area is 161 Å². The normalized spacial score (nSPS) is 11.5. The van der Waals surface area contributed by atoms with Crippen LogP contribution in [0.4, 0.5) is 10.1 Å². The summed E-state index contributed by atoms with van der Waals surface area (Å²) in [4.78, 5) is 24.9. The Bertz CT molecular complexity index is 986. The number of carbonyl (C=O) groups excluding carboxylic acids is 2. The molecule has 28 heavy (non-hydrogen) atoms. The minimum atomic E-state index is -0.507. The number of carbonyl (C=O) groups is 2. The van der Waals surface area contributed by atoms with Gasteiger partial charge in [0.1, 0.15) is 0 Å². The van der Waals surface area contributed by atoms with Crippen molar-refractivity contribution in [1.29, 1.82) is 0 Å². The second-order valence-corrected chi connectivity index (χ2v) is 6.07. The maximum atomic E-state index is 13.9. The molecule has 3 rings (SSSR count). The quantitative estimate of drug-likeness (QED) is 0.670. The lowest BCUT2D eigenvalue weighted by Gasteiger charge is -2.17. The molecule has 1 aromatic heterocycles. The van der Waals surface area contributed by atoms with Crippen LogP contribution in [0.3, 0.4) is 0 Å². The smallest absolute Gasteiger partial charge is 0.291 e. The van der Waals surface area contributed by atoms with E-state index in [9.17, 15) is 14.0 Å². The lowest BCUT2D eigenvalue weighted by Crippen LogP contribution is -2.28. The van der Waals surface area contributed by atoms with E-state index in [-0.39, 0.29) is 17.1 Å². The lowest BCUT2D eigenvalue weighted by molar-refractivity contribution is 0.0940. The minimum absolute atomic E-state index is 0.133. The zero-order chi connectivity index (χ0) is 20.1. The van der Waals surface area contributed by atoms with Crippen LogP contribution < -0.4 is 15.4 Å². The molecule has 0 aliphatic heterocycles. The van der Waals surface area contributed by atoms with Crippen LogP contribution in [0.1, 0.15) is 39.4 Å². The second-order valence-electron chi connectivity index (χ2n) is 6.07. The molecule has 2 aromatic carbocycles. The predicted molar refractivity (Wildman–Crippen MR) is 102 cm³/mol. The largest absolute Gasteiger partial charge is 0.494 e. The molecule has 1 atom stereocenters. The van der Waals surface area contributed by atoms with Crippen molar-refractivity contribution >= 4 is 17.5 Å². The summed E-state index contributed by atoms with van der Waals surface area (Å²) in [6.45, 7) is 1.74. The van der Waals surface area contributed by atoms with Crippen LogP contribution in [-0.4, -0.2) is 18.9 Å². The number of anilines is 1. The van der Waals surface area contributed by atoms with Gasteiger partial charge in [0.15, 0.2) is 17.3 Å². The number of amides is 2. The lowest BCUT2D eigenvalue weighted by atomic mass is 10.1. The first-order valence-corrected chi connectivity index (χ1v) is 8.57. The molecule has 0 bridgehead atoms. The number of para-hydroxylation sites is 1. The number of methoxy groups -OCH3 is 1. The third-order valence-electron chi connectivity index (χ3n) is 4.19. The molecule has 144 valence electrons. The fourth-order valence-corrected chi connectivity index (χ4v) is 2.69. The molecule has 0 fully saturated rings. The van der Waals surface area contributed by atoms with Crippen molar-refractivity contribution in [2.45, 2.75) is 13.0 Å². The Morgan fingerprint density at radius 1 is 1.07 bits per heavy atom. The molecule has 0 aliphatic rings. The summed E-state index contributed by atoms with van der Waals surface area (Å²) in [5.41, 5.74) is 1.21. The van der Waals surface area contributed by atoms with Crippen molar-refractivity contribution in [1.82, 2.24) is 5.32 Å². The highest BCUT2D eigenvalue weighted by Crippen LogP contribution is 2.23. The summed E-state index contributed by atoms with van der Waals surface area (Å²) in [6, 6.07) is 13.8. The molecule has 0 saturated heterocycles. The van der Waals surface area contributed by atoms with Gasteiger partial charge < -0.3 is 19.8 Å². The standard InChI is InChI=1S/C21H19FN2O4/c1-13(14-9-10-18(27-2)16(22)12-14)23-20(25)15-6-3-4-7-17(15)24-21(26)19-8-5-11-28-19/h3-13H,1-2H3,(H,23,25)(H,24,26)/t13-/m1/s1. The van der Waals surface area contributed by atoms with Gasteiger partial charge in [-0.05, 0) is 48.9 Å². The van der Waals surface area contributed by atoms with Crippen LogP contribution >= 0.6 is 0 Å². The number of hydrogen-bond acceptors (Lipinski definition) is 4.